The number of benzene rings is 1. The van der Waals surface area contributed by atoms with Crippen LogP contribution in [0, 0.1) is 0 Å². The van der Waals surface area contributed by atoms with Gasteiger partial charge >= 0.3 is 5.97 Å². The van der Waals surface area contributed by atoms with Crippen molar-refractivity contribution in [2.45, 2.75) is 26.3 Å². The van der Waals surface area contributed by atoms with E-state index < -0.39 is 5.97 Å². The molecule has 0 unspecified atom stereocenters. The third-order valence-corrected chi connectivity index (χ3v) is 3.09. The van der Waals surface area contributed by atoms with Crippen LogP contribution in [0.1, 0.15) is 31.1 Å². The average molecular weight is 279 g/mol. The molecule has 5 heteroatoms. The Kier molecular flexibility index (Phi) is 3.37. The van der Waals surface area contributed by atoms with Gasteiger partial charge in [-0.05, 0) is 26.8 Å². The molecule has 0 aliphatic heterocycles. The normalized spacial score (nSPS) is 11.6. The number of nitrogens with zero attached hydrogens (tertiary/aromatic N) is 2. The molecule has 0 fully saturated rings. The molecule has 0 spiro atoms. The monoisotopic (exact) mass is 278 g/mol. The fourth-order valence-electron chi connectivity index (χ4n) is 1.73. The first-order valence-corrected chi connectivity index (χ1v) is 6.27. The molecule has 2 rings (SSSR count). The molecular weight excluding hydrogens is 264 g/mol. The molecule has 0 atom stereocenters. The molecule has 0 radical (unpaired) electrons. The van der Waals surface area contributed by atoms with Gasteiger partial charge in [0.15, 0.2) is 0 Å². The highest BCUT2D eigenvalue weighted by Gasteiger charge is 2.23. The van der Waals surface area contributed by atoms with Gasteiger partial charge in [0.05, 0.1) is 10.6 Å². The lowest BCUT2D eigenvalue weighted by atomic mass is 10.1. The van der Waals surface area contributed by atoms with E-state index in [9.17, 15) is 9.90 Å². The van der Waals surface area contributed by atoms with Crippen LogP contribution in [-0.2, 0) is 5.54 Å². The van der Waals surface area contributed by atoms with Crippen LogP contribution >= 0.6 is 11.6 Å². The van der Waals surface area contributed by atoms with Crippen LogP contribution in [0.15, 0.2) is 30.5 Å². The van der Waals surface area contributed by atoms with Gasteiger partial charge in [0, 0.05) is 11.8 Å². The molecule has 0 bridgehead atoms. The summed E-state index contributed by atoms with van der Waals surface area (Å²) < 4.78 is 1.65. The molecule has 1 aromatic carbocycles. The average Bonchev–Trinajstić information content (AvgIpc) is 2.74. The molecule has 0 saturated carbocycles. The Hall–Kier alpha value is -1.81. The number of hydrogen-bond donors (Lipinski definition) is 1. The van der Waals surface area contributed by atoms with Crippen LogP contribution < -0.4 is 0 Å². The van der Waals surface area contributed by atoms with Gasteiger partial charge in [-0.1, -0.05) is 29.8 Å². The van der Waals surface area contributed by atoms with E-state index in [1.807, 2.05) is 26.8 Å². The molecule has 0 aliphatic rings. The minimum atomic E-state index is -1.01. The first-order chi connectivity index (χ1) is 8.80. The van der Waals surface area contributed by atoms with Gasteiger partial charge in [-0.25, -0.2) is 4.79 Å². The van der Waals surface area contributed by atoms with E-state index >= 15 is 0 Å². The summed E-state index contributed by atoms with van der Waals surface area (Å²) in [6.07, 6.45) is 1.54. The maximum absolute atomic E-state index is 11.4. The summed E-state index contributed by atoms with van der Waals surface area (Å²) in [5.74, 6) is -1.01. The largest absolute Gasteiger partial charge is 0.478 e. The molecule has 0 saturated heterocycles. The molecule has 0 aliphatic carbocycles. The predicted octanol–water partition coefficient (Wildman–Crippen LogP) is 3.66. The second-order valence-corrected chi connectivity index (χ2v) is 5.70. The number of carboxylic acids is 1. The summed E-state index contributed by atoms with van der Waals surface area (Å²) in [6, 6.07) is 7.10. The summed E-state index contributed by atoms with van der Waals surface area (Å²) >= 11 is 6.12. The summed E-state index contributed by atoms with van der Waals surface area (Å²) in [5, 5.41) is 14.2. The van der Waals surface area contributed by atoms with Gasteiger partial charge in [0.2, 0.25) is 0 Å². The number of hydrogen-bond acceptors (Lipinski definition) is 2. The van der Waals surface area contributed by atoms with Crippen LogP contribution in [0.2, 0.25) is 5.02 Å². The highest BCUT2D eigenvalue weighted by Crippen LogP contribution is 2.30. The molecule has 1 N–H and O–H groups in total. The number of carbonyl (C=O) groups is 1. The molecule has 100 valence electrons. The van der Waals surface area contributed by atoms with Crippen molar-refractivity contribution >= 4 is 17.6 Å². The van der Waals surface area contributed by atoms with E-state index in [-0.39, 0.29) is 11.1 Å². The molecule has 1 aromatic heterocycles. The van der Waals surface area contributed by atoms with Gasteiger partial charge in [-0.15, -0.1) is 0 Å². The number of aromatic nitrogens is 2. The second kappa shape index (κ2) is 4.70. The maximum Gasteiger partial charge on any atom is 0.339 e. The Labute approximate surface area is 116 Å². The van der Waals surface area contributed by atoms with Crippen molar-refractivity contribution in [2.75, 3.05) is 0 Å². The SMILES string of the molecule is CC(C)(C)n1cc(C(=O)O)c(-c2ccccc2Cl)n1. The third kappa shape index (κ3) is 2.63. The van der Waals surface area contributed by atoms with Gasteiger partial charge in [0.1, 0.15) is 11.3 Å². The second-order valence-electron chi connectivity index (χ2n) is 5.29. The zero-order chi connectivity index (χ0) is 14.2. The third-order valence-electron chi connectivity index (χ3n) is 2.76. The standard InChI is InChI=1S/C14H15ClN2O2/c1-14(2,3)17-8-10(13(18)19)12(16-17)9-6-4-5-7-11(9)15/h4-8H,1-3H3,(H,18,19). The maximum atomic E-state index is 11.4. The summed E-state index contributed by atoms with van der Waals surface area (Å²) in [5.41, 5.74) is 0.893. The fourth-order valence-corrected chi connectivity index (χ4v) is 1.95. The van der Waals surface area contributed by atoms with E-state index in [1.165, 1.54) is 0 Å². The number of carboxylic acid groups (broad SMARTS) is 1. The van der Waals surface area contributed by atoms with Gasteiger partial charge in [-0.3, -0.25) is 4.68 Å². The van der Waals surface area contributed by atoms with Crippen molar-refractivity contribution in [2.24, 2.45) is 0 Å². The summed E-state index contributed by atoms with van der Waals surface area (Å²) in [6.45, 7) is 5.88. The molecule has 0 amide bonds. The smallest absolute Gasteiger partial charge is 0.339 e. The zero-order valence-electron chi connectivity index (χ0n) is 11.0. The highest BCUT2D eigenvalue weighted by molar-refractivity contribution is 6.33. The van der Waals surface area contributed by atoms with Crippen LogP contribution in [0.5, 0.6) is 0 Å². The molecule has 19 heavy (non-hydrogen) atoms. The summed E-state index contributed by atoms with van der Waals surface area (Å²) in [7, 11) is 0. The van der Waals surface area contributed by atoms with Crippen molar-refractivity contribution in [1.82, 2.24) is 9.78 Å². The lowest BCUT2D eigenvalue weighted by Gasteiger charge is -2.18. The van der Waals surface area contributed by atoms with Crippen molar-refractivity contribution in [3.63, 3.8) is 0 Å². The van der Waals surface area contributed by atoms with Crippen molar-refractivity contribution in [3.05, 3.63) is 41.0 Å². The first-order valence-electron chi connectivity index (χ1n) is 5.89. The minimum Gasteiger partial charge on any atom is -0.478 e. The van der Waals surface area contributed by atoms with E-state index in [4.69, 9.17) is 11.6 Å². The minimum absolute atomic E-state index is 0.156. The fraction of sp³-hybridized carbons (Fsp3) is 0.286. The Bertz CT molecular complexity index is 627. The highest BCUT2D eigenvalue weighted by atomic mass is 35.5. The Morgan fingerprint density at radius 3 is 2.47 bits per heavy atom. The summed E-state index contributed by atoms with van der Waals surface area (Å²) in [4.78, 5) is 11.4. The van der Waals surface area contributed by atoms with Crippen LogP contribution in [0.4, 0.5) is 0 Å². The lowest BCUT2D eigenvalue weighted by Crippen LogP contribution is -2.22. The zero-order valence-corrected chi connectivity index (χ0v) is 11.8. The Morgan fingerprint density at radius 2 is 1.95 bits per heavy atom. The van der Waals surface area contributed by atoms with Crippen molar-refractivity contribution in [3.8, 4) is 11.3 Å². The van der Waals surface area contributed by atoms with E-state index in [2.05, 4.69) is 5.10 Å². The van der Waals surface area contributed by atoms with Gasteiger partial charge in [-0.2, -0.15) is 5.10 Å². The van der Waals surface area contributed by atoms with Crippen LogP contribution in [-0.4, -0.2) is 20.9 Å². The molecular formula is C14H15ClN2O2. The Morgan fingerprint density at radius 1 is 1.32 bits per heavy atom. The topological polar surface area (TPSA) is 55.1 Å². The van der Waals surface area contributed by atoms with Crippen molar-refractivity contribution in [1.29, 1.82) is 0 Å². The molecule has 4 nitrogen and oxygen atoms in total. The van der Waals surface area contributed by atoms with Crippen molar-refractivity contribution < 1.29 is 9.90 Å². The number of aromatic carboxylic acids is 1. The molecule has 2 aromatic rings. The van der Waals surface area contributed by atoms with Gasteiger partial charge in [0.25, 0.3) is 0 Å². The quantitative estimate of drug-likeness (QED) is 0.912. The lowest BCUT2D eigenvalue weighted by molar-refractivity contribution is 0.0697. The first kappa shape index (κ1) is 13.6. The number of halogens is 1. The van der Waals surface area contributed by atoms with Gasteiger partial charge < -0.3 is 5.11 Å². The van der Waals surface area contributed by atoms with E-state index in [0.717, 1.165) is 0 Å². The van der Waals surface area contributed by atoms with Crippen LogP contribution in [0.3, 0.4) is 0 Å². The van der Waals surface area contributed by atoms with E-state index in [1.54, 1.807) is 29.1 Å². The predicted molar refractivity (Wildman–Crippen MR) is 74.6 cm³/mol. The van der Waals surface area contributed by atoms with Crippen LogP contribution in [0.25, 0.3) is 11.3 Å². The van der Waals surface area contributed by atoms with E-state index in [0.29, 0.717) is 16.3 Å². The molecule has 1 heterocycles. The Balaban J connectivity index is 2.66. The number of rotatable bonds is 2.